The van der Waals surface area contributed by atoms with Crippen molar-refractivity contribution in [2.75, 3.05) is 38.8 Å². The molecule has 2 aromatic rings. The molecule has 2 aromatic carbocycles. The standard InChI is InChI=1S/C26H32N2O6/c1-5-27(6-2)24(30)17-34-26(31)22-15-16-23(29)28(19-9-13-21(33-4)14-10-19)25(22)18-7-11-20(32-3)12-8-18/h7-14,22,25H,5-6,15-17H2,1-4H3. The van der Waals surface area contributed by atoms with E-state index in [4.69, 9.17) is 14.2 Å². The Kier molecular flexibility index (Phi) is 8.51. The van der Waals surface area contributed by atoms with Crippen LogP contribution < -0.4 is 14.4 Å². The van der Waals surface area contributed by atoms with Crippen LogP contribution in [0.25, 0.3) is 0 Å². The van der Waals surface area contributed by atoms with E-state index in [1.807, 2.05) is 26.0 Å². The summed E-state index contributed by atoms with van der Waals surface area (Å²) in [5.41, 5.74) is 1.44. The molecule has 8 nitrogen and oxygen atoms in total. The van der Waals surface area contributed by atoms with Crippen molar-refractivity contribution in [1.29, 1.82) is 0 Å². The zero-order chi connectivity index (χ0) is 24.7. The lowest BCUT2D eigenvalue weighted by molar-refractivity contribution is -0.157. The van der Waals surface area contributed by atoms with Gasteiger partial charge in [-0.15, -0.1) is 0 Å². The van der Waals surface area contributed by atoms with Crippen molar-refractivity contribution >= 4 is 23.5 Å². The summed E-state index contributed by atoms with van der Waals surface area (Å²) >= 11 is 0. The number of hydrogen-bond donors (Lipinski definition) is 0. The number of ether oxygens (including phenoxy) is 3. The predicted molar refractivity (Wildman–Crippen MR) is 128 cm³/mol. The summed E-state index contributed by atoms with van der Waals surface area (Å²) in [5, 5.41) is 0. The lowest BCUT2D eigenvalue weighted by Gasteiger charge is -2.40. The Balaban J connectivity index is 1.93. The van der Waals surface area contributed by atoms with E-state index in [0.717, 1.165) is 5.56 Å². The second-order valence-electron chi connectivity index (χ2n) is 8.00. The third kappa shape index (κ3) is 5.50. The highest BCUT2D eigenvalue weighted by Gasteiger charge is 2.42. The second-order valence-corrected chi connectivity index (χ2v) is 8.00. The average Bonchev–Trinajstić information content (AvgIpc) is 2.88. The van der Waals surface area contributed by atoms with Crippen LogP contribution in [-0.4, -0.2) is 56.6 Å². The number of amides is 2. The fourth-order valence-corrected chi connectivity index (χ4v) is 4.28. The first-order valence-electron chi connectivity index (χ1n) is 11.5. The fourth-order valence-electron chi connectivity index (χ4n) is 4.28. The van der Waals surface area contributed by atoms with Gasteiger partial charge in [-0.1, -0.05) is 12.1 Å². The van der Waals surface area contributed by atoms with Gasteiger partial charge in [-0.3, -0.25) is 14.4 Å². The molecule has 0 radical (unpaired) electrons. The van der Waals surface area contributed by atoms with E-state index in [1.165, 1.54) is 0 Å². The Bertz CT molecular complexity index is 985. The minimum atomic E-state index is -0.627. The molecule has 2 atom stereocenters. The van der Waals surface area contributed by atoms with E-state index in [-0.39, 0.29) is 24.8 Å². The third-order valence-corrected chi connectivity index (χ3v) is 6.16. The van der Waals surface area contributed by atoms with Crippen molar-refractivity contribution in [3.63, 3.8) is 0 Å². The van der Waals surface area contributed by atoms with Gasteiger partial charge in [0.2, 0.25) is 5.91 Å². The molecule has 1 fully saturated rings. The minimum Gasteiger partial charge on any atom is -0.497 e. The molecule has 2 unspecified atom stereocenters. The Hall–Kier alpha value is -3.55. The maximum Gasteiger partial charge on any atom is 0.311 e. The van der Waals surface area contributed by atoms with Crippen LogP contribution in [0.2, 0.25) is 0 Å². The van der Waals surface area contributed by atoms with E-state index >= 15 is 0 Å². The van der Waals surface area contributed by atoms with E-state index in [2.05, 4.69) is 0 Å². The van der Waals surface area contributed by atoms with Crippen molar-refractivity contribution < 1.29 is 28.6 Å². The molecule has 8 heteroatoms. The number of piperidine rings is 1. The molecule has 0 saturated carbocycles. The molecule has 0 bridgehead atoms. The normalized spacial score (nSPS) is 17.8. The first-order chi connectivity index (χ1) is 16.4. The largest absolute Gasteiger partial charge is 0.497 e. The highest BCUT2D eigenvalue weighted by atomic mass is 16.5. The Labute approximate surface area is 200 Å². The van der Waals surface area contributed by atoms with Crippen LogP contribution in [0.4, 0.5) is 5.69 Å². The van der Waals surface area contributed by atoms with Gasteiger partial charge in [0.05, 0.1) is 26.2 Å². The van der Waals surface area contributed by atoms with Gasteiger partial charge in [0.1, 0.15) is 11.5 Å². The van der Waals surface area contributed by atoms with Crippen LogP contribution in [-0.2, 0) is 19.1 Å². The number of anilines is 1. The summed E-state index contributed by atoms with van der Waals surface area (Å²) in [6.07, 6.45) is 0.531. The molecule has 182 valence electrons. The van der Waals surface area contributed by atoms with Crippen LogP contribution in [0.15, 0.2) is 48.5 Å². The van der Waals surface area contributed by atoms with Crippen molar-refractivity contribution in [1.82, 2.24) is 4.90 Å². The maximum atomic E-state index is 13.2. The lowest BCUT2D eigenvalue weighted by Crippen LogP contribution is -2.46. The Morgan fingerprint density at radius 3 is 2.03 bits per heavy atom. The number of carbonyl (C=O) groups excluding carboxylic acids is 3. The van der Waals surface area contributed by atoms with Gasteiger partial charge in [-0.05, 0) is 62.2 Å². The monoisotopic (exact) mass is 468 g/mol. The summed E-state index contributed by atoms with van der Waals surface area (Å²) in [6, 6.07) is 13.9. The Morgan fingerprint density at radius 1 is 0.941 bits per heavy atom. The molecule has 0 spiro atoms. The van der Waals surface area contributed by atoms with Crippen molar-refractivity contribution in [2.24, 2.45) is 5.92 Å². The van der Waals surface area contributed by atoms with Gasteiger partial charge in [0.15, 0.2) is 6.61 Å². The van der Waals surface area contributed by atoms with E-state index in [1.54, 1.807) is 60.4 Å². The summed E-state index contributed by atoms with van der Waals surface area (Å²) in [4.78, 5) is 42.0. The predicted octanol–water partition coefficient (Wildman–Crippen LogP) is 3.60. The quantitative estimate of drug-likeness (QED) is 0.523. The number of hydrogen-bond acceptors (Lipinski definition) is 6. The van der Waals surface area contributed by atoms with Gasteiger partial charge in [-0.2, -0.15) is 0 Å². The molecule has 3 rings (SSSR count). The van der Waals surface area contributed by atoms with E-state index in [9.17, 15) is 14.4 Å². The van der Waals surface area contributed by atoms with Crippen molar-refractivity contribution in [3.05, 3.63) is 54.1 Å². The maximum absolute atomic E-state index is 13.2. The topological polar surface area (TPSA) is 85.4 Å². The zero-order valence-corrected chi connectivity index (χ0v) is 20.2. The van der Waals surface area contributed by atoms with Crippen LogP contribution in [0.1, 0.15) is 38.3 Å². The molecule has 0 aromatic heterocycles. The molecular weight excluding hydrogens is 436 g/mol. The van der Waals surface area contributed by atoms with Gasteiger partial charge >= 0.3 is 5.97 Å². The first-order valence-corrected chi connectivity index (χ1v) is 11.5. The van der Waals surface area contributed by atoms with E-state index in [0.29, 0.717) is 36.7 Å². The molecule has 1 saturated heterocycles. The van der Waals surface area contributed by atoms with E-state index < -0.39 is 17.9 Å². The number of rotatable bonds is 9. The molecule has 34 heavy (non-hydrogen) atoms. The number of esters is 1. The van der Waals surface area contributed by atoms with Crippen molar-refractivity contribution in [3.8, 4) is 11.5 Å². The highest BCUT2D eigenvalue weighted by Crippen LogP contribution is 2.41. The SMILES string of the molecule is CCN(CC)C(=O)COC(=O)C1CCC(=O)N(c2ccc(OC)cc2)C1c1ccc(OC)cc1. The first kappa shape index (κ1) is 25.1. The van der Waals surface area contributed by atoms with Crippen LogP contribution >= 0.6 is 0 Å². The number of nitrogens with zero attached hydrogens (tertiary/aromatic N) is 2. The second kappa shape index (κ2) is 11.5. The summed E-state index contributed by atoms with van der Waals surface area (Å²) < 4.78 is 16.0. The number of benzene rings is 2. The van der Waals surface area contributed by atoms with Crippen LogP contribution in [0, 0.1) is 5.92 Å². The van der Waals surface area contributed by atoms with Gasteiger partial charge < -0.3 is 24.0 Å². The molecular formula is C26H32N2O6. The molecule has 1 aliphatic rings. The molecule has 0 N–H and O–H groups in total. The highest BCUT2D eigenvalue weighted by molar-refractivity contribution is 5.97. The van der Waals surface area contributed by atoms with Gasteiger partial charge in [-0.25, -0.2) is 0 Å². The zero-order valence-electron chi connectivity index (χ0n) is 20.2. The van der Waals surface area contributed by atoms with Crippen molar-refractivity contribution in [2.45, 2.75) is 32.7 Å². The fraction of sp³-hybridized carbons (Fsp3) is 0.423. The minimum absolute atomic E-state index is 0.0887. The smallest absolute Gasteiger partial charge is 0.311 e. The molecule has 2 amide bonds. The Morgan fingerprint density at radius 2 is 1.50 bits per heavy atom. The summed E-state index contributed by atoms with van der Waals surface area (Å²) in [5.74, 6) is -0.108. The lowest BCUT2D eigenvalue weighted by atomic mass is 9.83. The number of carbonyl (C=O) groups is 3. The average molecular weight is 469 g/mol. The number of likely N-dealkylation sites (N-methyl/N-ethyl adjacent to an activating group) is 1. The molecule has 1 heterocycles. The summed E-state index contributed by atoms with van der Waals surface area (Å²) in [7, 11) is 3.16. The third-order valence-electron chi connectivity index (χ3n) is 6.16. The van der Waals surface area contributed by atoms with Gasteiger partial charge in [0, 0.05) is 25.2 Å². The van der Waals surface area contributed by atoms with Gasteiger partial charge in [0.25, 0.3) is 5.91 Å². The van der Waals surface area contributed by atoms with Crippen LogP contribution in [0.5, 0.6) is 11.5 Å². The summed E-state index contributed by atoms with van der Waals surface area (Å²) in [6.45, 7) is 4.53. The van der Waals surface area contributed by atoms with Crippen LogP contribution in [0.3, 0.4) is 0 Å². The number of methoxy groups -OCH3 is 2. The molecule has 0 aliphatic carbocycles. The molecule has 1 aliphatic heterocycles.